The first kappa shape index (κ1) is 18.4. The van der Waals surface area contributed by atoms with Gasteiger partial charge in [0, 0.05) is 44.6 Å². The number of aromatic nitrogens is 2. The van der Waals surface area contributed by atoms with Crippen LogP contribution in [0.25, 0.3) is 11.1 Å². The summed E-state index contributed by atoms with van der Waals surface area (Å²) in [5.74, 6) is 0.517. The zero-order valence-electron chi connectivity index (χ0n) is 14.2. The van der Waals surface area contributed by atoms with Gasteiger partial charge >= 0.3 is 6.18 Å². The average molecular weight is 366 g/mol. The molecule has 6 nitrogen and oxygen atoms in total. The standard InChI is InChI=1S/C17H21F3N6/c18-17(19,20)13-4-1-3-12(9-13)14-10-24-16(21)25-15(14)23-5-2-7-26-8-6-22-11-26/h1,3-4,9-10,22H,2,5-8,11H2,(H3,21,23,24,25). The molecule has 26 heavy (non-hydrogen) atoms. The van der Waals surface area contributed by atoms with Crippen molar-refractivity contribution >= 4 is 11.8 Å². The first-order chi connectivity index (χ1) is 12.4. The number of nitrogens with zero attached hydrogens (tertiary/aromatic N) is 3. The van der Waals surface area contributed by atoms with Gasteiger partial charge in [0.05, 0.1) is 5.56 Å². The fraction of sp³-hybridized carbons (Fsp3) is 0.412. The zero-order valence-corrected chi connectivity index (χ0v) is 14.2. The number of alkyl halides is 3. The monoisotopic (exact) mass is 366 g/mol. The minimum absolute atomic E-state index is 0.0759. The molecule has 0 unspecified atom stereocenters. The lowest BCUT2D eigenvalue weighted by atomic mass is 10.0. The number of benzene rings is 1. The van der Waals surface area contributed by atoms with Crippen molar-refractivity contribution in [3.63, 3.8) is 0 Å². The minimum atomic E-state index is -4.40. The molecule has 0 radical (unpaired) electrons. The lowest BCUT2D eigenvalue weighted by Gasteiger charge is -2.15. The zero-order chi connectivity index (χ0) is 18.6. The highest BCUT2D eigenvalue weighted by Crippen LogP contribution is 2.33. The van der Waals surface area contributed by atoms with E-state index in [1.165, 1.54) is 12.3 Å². The summed E-state index contributed by atoms with van der Waals surface area (Å²) in [6.45, 7) is 4.47. The van der Waals surface area contributed by atoms with Crippen LogP contribution in [0.4, 0.5) is 24.9 Å². The molecule has 0 saturated carbocycles. The van der Waals surface area contributed by atoms with Gasteiger partial charge in [0.1, 0.15) is 5.82 Å². The number of hydrogen-bond donors (Lipinski definition) is 3. The van der Waals surface area contributed by atoms with Crippen LogP contribution in [0.5, 0.6) is 0 Å². The van der Waals surface area contributed by atoms with Crippen molar-refractivity contribution in [2.45, 2.75) is 12.6 Å². The first-order valence-corrected chi connectivity index (χ1v) is 8.40. The van der Waals surface area contributed by atoms with Crippen LogP contribution in [0.15, 0.2) is 30.5 Å². The summed E-state index contributed by atoms with van der Waals surface area (Å²) in [4.78, 5) is 10.4. The molecule has 140 valence electrons. The maximum absolute atomic E-state index is 13.0. The smallest absolute Gasteiger partial charge is 0.369 e. The second-order valence-electron chi connectivity index (χ2n) is 6.13. The van der Waals surface area contributed by atoms with Crippen LogP contribution in [-0.4, -0.2) is 47.7 Å². The van der Waals surface area contributed by atoms with Crippen molar-refractivity contribution in [3.8, 4) is 11.1 Å². The van der Waals surface area contributed by atoms with Crippen molar-refractivity contribution in [3.05, 3.63) is 36.0 Å². The molecule has 1 fully saturated rings. The van der Waals surface area contributed by atoms with E-state index in [0.29, 0.717) is 23.5 Å². The van der Waals surface area contributed by atoms with Crippen molar-refractivity contribution in [2.24, 2.45) is 0 Å². The Morgan fingerprint density at radius 3 is 2.88 bits per heavy atom. The van der Waals surface area contributed by atoms with E-state index in [2.05, 4.69) is 25.5 Å². The van der Waals surface area contributed by atoms with Gasteiger partial charge in [-0.05, 0) is 24.1 Å². The maximum Gasteiger partial charge on any atom is 0.416 e. The predicted molar refractivity (Wildman–Crippen MR) is 94.4 cm³/mol. The number of halogens is 3. The molecule has 4 N–H and O–H groups in total. The molecule has 9 heteroatoms. The van der Waals surface area contributed by atoms with Gasteiger partial charge in [-0.3, -0.25) is 4.90 Å². The Morgan fingerprint density at radius 2 is 2.15 bits per heavy atom. The Balaban J connectivity index is 1.73. The van der Waals surface area contributed by atoms with E-state index in [4.69, 9.17) is 5.73 Å². The normalized spacial score (nSPS) is 15.3. The van der Waals surface area contributed by atoms with E-state index in [1.54, 1.807) is 6.07 Å². The fourth-order valence-corrected chi connectivity index (χ4v) is 2.86. The van der Waals surface area contributed by atoms with E-state index in [9.17, 15) is 13.2 Å². The van der Waals surface area contributed by atoms with Crippen LogP contribution in [0, 0.1) is 0 Å². The van der Waals surface area contributed by atoms with Crippen molar-refractivity contribution in [2.75, 3.05) is 43.9 Å². The van der Waals surface area contributed by atoms with E-state index >= 15 is 0 Å². The number of nitrogens with two attached hydrogens (primary N) is 1. The summed E-state index contributed by atoms with van der Waals surface area (Å²) in [7, 11) is 0. The lowest BCUT2D eigenvalue weighted by Crippen LogP contribution is -2.24. The third kappa shape index (κ3) is 4.61. The van der Waals surface area contributed by atoms with Crippen molar-refractivity contribution < 1.29 is 13.2 Å². The van der Waals surface area contributed by atoms with Gasteiger partial charge in [-0.25, -0.2) is 4.98 Å². The van der Waals surface area contributed by atoms with Crippen LogP contribution in [-0.2, 0) is 6.18 Å². The average Bonchev–Trinajstić information content (AvgIpc) is 3.12. The van der Waals surface area contributed by atoms with Gasteiger partial charge < -0.3 is 16.4 Å². The summed E-state index contributed by atoms with van der Waals surface area (Å²) in [5.41, 5.74) is 5.83. The molecular weight excluding hydrogens is 345 g/mol. The van der Waals surface area contributed by atoms with Crippen LogP contribution >= 0.6 is 0 Å². The van der Waals surface area contributed by atoms with E-state index in [0.717, 1.165) is 44.9 Å². The molecule has 1 aliphatic heterocycles. The predicted octanol–water partition coefficient (Wildman–Crippen LogP) is 2.41. The van der Waals surface area contributed by atoms with Crippen LogP contribution in [0.1, 0.15) is 12.0 Å². The molecule has 3 rings (SSSR count). The molecule has 1 aromatic carbocycles. The minimum Gasteiger partial charge on any atom is -0.369 e. The molecule has 2 heterocycles. The van der Waals surface area contributed by atoms with Gasteiger partial charge in [0.15, 0.2) is 0 Å². The van der Waals surface area contributed by atoms with Gasteiger partial charge in [-0.15, -0.1) is 0 Å². The van der Waals surface area contributed by atoms with Gasteiger partial charge in [0.2, 0.25) is 5.95 Å². The van der Waals surface area contributed by atoms with Gasteiger partial charge in [-0.1, -0.05) is 12.1 Å². The van der Waals surface area contributed by atoms with E-state index in [-0.39, 0.29) is 5.95 Å². The van der Waals surface area contributed by atoms with Crippen LogP contribution in [0.2, 0.25) is 0 Å². The highest BCUT2D eigenvalue weighted by Gasteiger charge is 2.30. The molecule has 0 bridgehead atoms. The van der Waals surface area contributed by atoms with E-state index < -0.39 is 11.7 Å². The number of anilines is 2. The number of hydrogen-bond acceptors (Lipinski definition) is 6. The molecule has 0 aliphatic carbocycles. The third-order valence-corrected chi connectivity index (χ3v) is 4.19. The highest BCUT2D eigenvalue weighted by atomic mass is 19.4. The summed E-state index contributed by atoms with van der Waals surface area (Å²) in [5, 5.41) is 6.44. The Morgan fingerprint density at radius 1 is 1.31 bits per heavy atom. The Bertz CT molecular complexity index is 744. The van der Waals surface area contributed by atoms with Crippen molar-refractivity contribution in [1.29, 1.82) is 0 Å². The van der Waals surface area contributed by atoms with Crippen molar-refractivity contribution in [1.82, 2.24) is 20.2 Å². The van der Waals surface area contributed by atoms with Gasteiger partial charge in [0.25, 0.3) is 0 Å². The maximum atomic E-state index is 13.0. The quantitative estimate of drug-likeness (QED) is 0.682. The molecule has 2 aromatic rings. The fourth-order valence-electron chi connectivity index (χ4n) is 2.86. The first-order valence-electron chi connectivity index (χ1n) is 8.40. The van der Waals surface area contributed by atoms with Crippen LogP contribution in [0.3, 0.4) is 0 Å². The topological polar surface area (TPSA) is 79.1 Å². The highest BCUT2D eigenvalue weighted by molar-refractivity contribution is 5.75. The molecular formula is C17H21F3N6. The molecule has 0 amide bonds. The summed E-state index contributed by atoms with van der Waals surface area (Å²) in [6, 6.07) is 5.11. The largest absolute Gasteiger partial charge is 0.416 e. The Kier molecular flexibility index (Phi) is 5.58. The molecule has 1 saturated heterocycles. The van der Waals surface area contributed by atoms with Gasteiger partial charge in [-0.2, -0.15) is 18.2 Å². The third-order valence-electron chi connectivity index (χ3n) is 4.19. The number of rotatable bonds is 6. The Hall–Kier alpha value is -2.39. The van der Waals surface area contributed by atoms with E-state index in [1.807, 2.05) is 0 Å². The number of nitrogen functional groups attached to an aromatic ring is 1. The number of nitrogens with one attached hydrogen (secondary N) is 2. The summed E-state index contributed by atoms with van der Waals surface area (Å²) in [6.07, 6.45) is -2.07. The lowest BCUT2D eigenvalue weighted by molar-refractivity contribution is -0.137. The second kappa shape index (κ2) is 7.88. The summed E-state index contributed by atoms with van der Waals surface area (Å²) >= 11 is 0. The SMILES string of the molecule is Nc1ncc(-c2cccc(C(F)(F)F)c2)c(NCCCN2CCNC2)n1. The Labute approximate surface area is 149 Å². The summed E-state index contributed by atoms with van der Waals surface area (Å²) < 4.78 is 38.9. The molecule has 0 atom stereocenters. The molecule has 1 aromatic heterocycles. The molecule has 1 aliphatic rings. The second-order valence-corrected chi connectivity index (χ2v) is 6.13. The van der Waals surface area contributed by atoms with Crippen LogP contribution < -0.4 is 16.4 Å². The molecule has 0 spiro atoms.